The summed E-state index contributed by atoms with van der Waals surface area (Å²) in [6.45, 7) is 12.2. The SMILES string of the molecule is CCCC(CSC(C)(C)C)(C(=O)OCC)C(=O)OCC. The van der Waals surface area contributed by atoms with Crippen LogP contribution in [-0.4, -0.2) is 35.7 Å². The van der Waals surface area contributed by atoms with Gasteiger partial charge in [0.05, 0.1) is 13.2 Å². The van der Waals surface area contributed by atoms with Gasteiger partial charge in [-0.3, -0.25) is 9.59 Å². The van der Waals surface area contributed by atoms with Crippen LogP contribution in [0.5, 0.6) is 0 Å². The summed E-state index contributed by atoms with van der Waals surface area (Å²) in [6, 6.07) is 0. The molecule has 0 saturated heterocycles. The molecule has 0 atom stereocenters. The second-order valence-corrected chi connectivity index (χ2v) is 7.48. The number of ether oxygens (including phenoxy) is 2. The molecule has 0 spiro atoms. The van der Waals surface area contributed by atoms with Gasteiger partial charge in [-0.15, -0.1) is 0 Å². The van der Waals surface area contributed by atoms with Crippen molar-refractivity contribution >= 4 is 23.7 Å². The van der Waals surface area contributed by atoms with Crippen molar-refractivity contribution in [1.29, 1.82) is 0 Å². The Morgan fingerprint density at radius 2 is 1.40 bits per heavy atom. The highest BCUT2D eigenvalue weighted by Gasteiger charge is 2.48. The maximum Gasteiger partial charge on any atom is 0.324 e. The summed E-state index contributed by atoms with van der Waals surface area (Å²) >= 11 is 1.59. The normalized spacial score (nSPS) is 12.1. The Hall–Kier alpha value is -0.710. The molecule has 0 aliphatic heterocycles. The number of thioether (sulfide) groups is 1. The van der Waals surface area contributed by atoms with Crippen LogP contribution in [0.3, 0.4) is 0 Å². The Morgan fingerprint density at radius 3 is 1.70 bits per heavy atom. The first-order valence-corrected chi connectivity index (χ1v) is 8.20. The molecule has 0 bridgehead atoms. The Balaban J connectivity index is 5.31. The maximum atomic E-state index is 12.4. The molecule has 0 radical (unpaired) electrons. The summed E-state index contributed by atoms with van der Waals surface area (Å²) in [5, 5.41) is 0. The van der Waals surface area contributed by atoms with Crippen molar-refractivity contribution in [3.05, 3.63) is 0 Å². The second kappa shape index (κ2) is 8.55. The number of rotatable bonds is 8. The Labute approximate surface area is 127 Å². The van der Waals surface area contributed by atoms with Gasteiger partial charge >= 0.3 is 11.9 Å². The summed E-state index contributed by atoms with van der Waals surface area (Å²) in [7, 11) is 0. The van der Waals surface area contributed by atoms with Crippen molar-refractivity contribution in [1.82, 2.24) is 0 Å². The molecular formula is C15H28O4S. The lowest BCUT2D eigenvalue weighted by atomic mass is 9.85. The van der Waals surface area contributed by atoms with Gasteiger partial charge < -0.3 is 9.47 Å². The molecule has 0 fully saturated rings. The lowest BCUT2D eigenvalue weighted by Gasteiger charge is -2.31. The third kappa shape index (κ3) is 5.73. The average molecular weight is 304 g/mol. The zero-order valence-corrected chi connectivity index (χ0v) is 14.4. The van der Waals surface area contributed by atoms with Crippen molar-refractivity contribution in [2.24, 2.45) is 5.41 Å². The van der Waals surface area contributed by atoms with E-state index >= 15 is 0 Å². The Morgan fingerprint density at radius 1 is 0.950 bits per heavy atom. The van der Waals surface area contributed by atoms with Crippen LogP contribution in [0.15, 0.2) is 0 Å². The van der Waals surface area contributed by atoms with E-state index in [-0.39, 0.29) is 18.0 Å². The van der Waals surface area contributed by atoms with Crippen molar-refractivity contribution in [2.45, 2.75) is 59.1 Å². The fraction of sp³-hybridized carbons (Fsp3) is 0.867. The molecule has 4 nitrogen and oxygen atoms in total. The molecular weight excluding hydrogens is 276 g/mol. The van der Waals surface area contributed by atoms with Gasteiger partial charge in [0.15, 0.2) is 5.41 Å². The number of hydrogen-bond acceptors (Lipinski definition) is 5. The molecule has 0 heterocycles. The highest BCUT2D eigenvalue weighted by atomic mass is 32.2. The quantitative estimate of drug-likeness (QED) is 0.508. The molecule has 0 aliphatic rings. The molecule has 0 aliphatic carbocycles. The van der Waals surface area contributed by atoms with Crippen LogP contribution in [0.2, 0.25) is 0 Å². The lowest BCUT2D eigenvalue weighted by molar-refractivity contribution is -0.170. The maximum absolute atomic E-state index is 12.4. The van der Waals surface area contributed by atoms with Crippen LogP contribution < -0.4 is 0 Å². The first kappa shape index (κ1) is 19.3. The molecule has 0 aromatic carbocycles. The van der Waals surface area contributed by atoms with Gasteiger partial charge in [-0.1, -0.05) is 34.1 Å². The fourth-order valence-electron chi connectivity index (χ4n) is 1.78. The van der Waals surface area contributed by atoms with Crippen LogP contribution in [0, 0.1) is 5.41 Å². The Kier molecular flexibility index (Phi) is 8.25. The molecule has 0 unspecified atom stereocenters. The van der Waals surface area contributed by atoms with E-state index in [1.54, 1.807) is 25.6 Å². The van der Waals surface area contributed by atoms with Crippen LogP contribution >= 0.6 is 11.8 Å². The lowest BCUT2D eigenvalue weighted by Crippen LogP contribution is -2.45. The molecule has 0 aromatic heterocycles. The van der Waals surface area contributed by atoms with E-state index in [0.29, 0.717) is 12.2 Å². The zero-order valence-electron chi connectivity index (χ0n) is 13.6. The molecule has 0 N–H and O–H groups in total. The summed E-state index contributed by atoms with van der Waals surface area (Å²) in [6.07, 6.45) is 1.18. The number of esters is 2. The molecule has 0 rings (SSSR count). The van der Waals surface area contributed by atoms with Gasteiger partial charge in [0, 0.05) is 10.5 Å². The third-order valence-electron chi connectivity index (χ3n) is 2.76. The third-order valence-corrected chi connectivity index (χ3v) is 4.26. The second-order valence-electron chi connectivity index (χ2n) is 5.67. The van der Waals surface area contributed by atoms with E-state index in [9.17, 15) is 9.59 Å². The van der Waals surface area contributed by atoms with Gasteiger partial charge in [0.1, 0.15) is 0 Å². The van der Waals surface area contributed by atoms with Crippen LogP contribution in [0.25, 0.3) is 0 Å². The number of hydrogen-bond donors (Lipinski definition) is 0. The molecule has 118 valence electrons. The molecule has 0 aromatic rings. The van der Waals surface area contributed by atoms with Gasteiger partial charge in [-0.2, -0.15) is 11.8 Å². The summed E-state index contributed by atoms with van der Waals surface area (Å²) in [5.74, 6) is -0.531. The monoisotopic (exact) mass is 304 g/mol. The molecule has 0 saturated carbocycles. The zero-order chi connectivity index (χ0) is 15.8. The van der Waals surface area contributed by atoms with Crippen molar-refractivity contribution < 1.29 is 19.1 Å². The van der Waals surface area contributed by atoms with E-state index in [2.05, 4.69) is 20.8 Å². The topological polar surface area (TPSA) is 52.6 Å². The molecule has 5 heteroatoms. The van der Waals surface area contributed by atoms with Crippen LogP contribution in [0.4, 0.5) is 0 Å². The highest BCUT2D eigenvalue weighted by Crippen LogP contribution is 2.37. The summed E-state index contributed by atoms with van der Waals surface area (Å²) < 4.78 is 10.2. The largest absolute Gasteiger partial charge is 0.465 e. The van der Waals surface area contributed by atoms with E-state index in [1.165, 1.54) is 0 Å². The van der Waals surface area contributed by atoms with Crippen molar-refractivity contribution in [3.8, 4) is 0 Å². The van der Waals surface area contributed by atoms with E-state index in [4.69, 9.17) is 9.47 Å². The predicted molar refractivity (Wildman–Crippen MR) is 82.8 cm³/mol. The first-order valence-electron chi connectivity index (χ1n) is 7.22. The highest BCUT2D eigenvalue weighted by molar-refractivity contribution is 8.00. The summed E-state index contributed by atoms with van der Waals surface area (Å²) in [4.78, 5) is 24.7. The average Bonchev–Trinajstić information content (AvgIpc) is 2.33. The van der Waals surface area contributed by atoms with E-state index in [0.717, 1.165) is 6.42 Å². The van der Waals surface area contributed by atoms with Gasteiger partial charge in [0.25, 0.3) is 0 Å². The van der Waals surface area contributed by atoms with Crippen molar-refractivity contribution in [2.75, 3.05) is 19.0 Å². The minimum absolute atomic E-state index is 0.0298. The van der Waals surface area contributed by atoms with Gasteiger partial charge in [0.2, 0.25) is 0 Å². The molecule has 20 heavy (non-hydrogen) atoms. The van der Waals surface area contributed by atoms with Crippen LogP contribution in [-0.2, 0) is 19.1 Å². The van der Waals surface area contributed by atoms with Crippen molar-refractivity contribution in [3.63, 3.8) is 0 Å². The van der Waals surface area contributed by atoms with E-state index < -0.39 is 17.4 Å². The minimum Gasteiger partial charge on any atom is -0.465 e. The summed E-state index contributed by atoms with van der Waals surface area (Å²) in [5.41, 5.74) is -1.18. The smallest absolute Gasteiger partial charge is 0.324 e. The van der Waals surface area contributed by atoms with Crippen LogP contribution in [0.1, 0.15) is 54.4 Å². The van der Waals surface area contributed by atoms with Gasteiger partial charge in [-0.25, -0.2) is 0 Å². The van der Waals surface area contributed by atoms with E-state index in [1.807, 2.05) is 6.92 Å². The standard InChI is InChI=1S/C15H28O4S/c1-7-10-15(12(16)18-8-2,13(17)19-9-3)11-20-14(4,5)6/h7-11H2,1-6H3. The number of carbonyl (C=O) groups is 2. The Bertz CT molecular complexity index is 302. The van der Waals surface area contributed by atoms with Gasteiger partial charge in [-0.05, 0) is 20.3 Å². The first-order chi connectivity index (χ1) is 9.23. The minimum atomic E-state index is -1.18. The fourth-order valence-corrected chi connectivity index (χ4v) is 2.84. The molecule has 0 amide bonds. The number of carbonyl (C=O) groups excluding carboxylic acids is 2. The predicted octanol–water partition coefficient (Wildman–Crippen LogP) is 3.43.